The van der Waals surface area contributed by atoms with Crippen LogP contribution in [0.1, 0.15) is 31.8 Å². The Morgan fingerprint density at radius 1 is 0.434 bits per heavy atom. The van der Waals surface area contributed by atoms with Gasteiger partial charge in [-0.2, -0.15) is 0 Å². The van der Waals surface area contributed by atoms with Crippen LogP contribution in [-0.4, -0.2) is 0 Å². The highest BCUT2D eigenvalue weighted by Gasteiger charge is 2.48. The average Bonchev–Trinajstić information content (AvgIpc) is 3.81. The van der Waals surface area contributed by atoms with Gasteiger partial charge in [0.25, 0.3) is 0 Å². The number of benzene rings is 9. The molecule has 2 heteroatoms. The maximum absolute atomic E-state index is 9.89. The van der Waals surface area contributed by atoms with E-state index in [0.29, 0.717) is 11.2 Å². The van der Waals surface area contributed by atoms with Crippen LogP contribution in [-0.2, 0) is 5.41 Å². The highest BCUT2D eigenvalue weighted by atomic mass is 16.3. The summed E-state index contributed by atoms with van der Waals surface area (Å²) < 4.78 is 70.9. The molecule has 1 heterocycles. The first-order valence-electron chi connectivity index (χ1n) is 21.2. The van der Waals surface area contributed by atoms with Crippen LogP contribution in [0.4, 0.5) is 17.1 Å². The van der Waals surface area contributed by atoms with E-state index in [1.807, 2.05) is 91.0 Å². The van der Waals surface area contributed by atoms with E-state index in [2.05, 4.69) is 71.6 Å². The number of anilines is 3. The number of hydrogen-bond donors (Lipinski definition) is 0. The van der Waals surface area contributed by atoms with Gasteiger partial charge in [0.1, 0.15) is 11.2 Å². The fraction of sp³-hybridized carbons (Fsp3) is 0.0196. The Hall–Kier alpha value is -6.90. The fourth-order valence-corrected chi connectivity index (χ4v) is 8.69. The van der Waals surface area contributed by atoms with E-state index in [-0.39, 0.29) is 28.4 Å². The zero-order valence-electron chi connectivity index (χ0n) is 35.4. The largest absolute Gasteiger partial charge is 0.456 e. The molecule has 0 saturated heterocycles. The van der Waals surface area contributed by atoms with Gasteiger partial charge >= 0.3 is 0 Å². The Bertz CT molecular complexity index is 3420. The Kier molecular flexibility index (Phi) is 5.14. The zero-order chi connectivity index (χ0) is 41.0. The van der Waals surface area contributed by atoms with Gasteiger partial charge in [-0.1, -0.05) is 158 Å². The van der Waals surface area contributed by atoms with Gasteiger partial charge in [0.15, 0.2) is 0 Å². The number of rotatable bonds is 5. The molecule has 0 N–H and O–H groups in total. The van der Waals surface area contributed by atoms with Crippen molar-refractivity contribution in [3.05, 3.63) is 222 Å². The minimum atomic E-state index is -1.43. The zero-order valence-corrected chi connectivity index (χ0v) is 28.4. The van der Waals surface area contributed by atoms with Crippen LogP contribution in [0.3, 0.4) is 0 Å². The van der Waals surface area contributed by atoms with E-state index < -0.39 is 35.6 Å². The molecule has 0 aliphatic heterocycles. The van der Waals surface area contributed by atoms with Crippen molar-refractivity contribution in [2.45, 2.75) is 5.41 Å². The molecule has 0 saturated carbocycles. The summed E-state index contributed by atoms with van der Waals surface area (Å²) >= 11 is 0. The van der Waals surface area contributed by atoms with Crippen LogP contribution in [0.2, 0.25) is 0 Å². The Morgan fingerprint density at radius 3 is 2.08 bits per heavy atom. The highest BCUT2D eigenvalue weighted by molar-refractivity contribution is 6.10. The van der Waals surface area contributed by atoms with Gasteiger partial charge in [0, 0.05) is 27.5 Å². The molecule has 1 aromatic heterocycles. The van der Waals surface area contributed by atoms with E-state index >= 15 is 0 Å². The summed E-state index contributed by atoms with van der Waals surface area (Å²) in [5, 5.41) is 3.77. The number of hydrogen-bond acceptors (Lipinski definition) is 2. The first-order valence-corrected chi connectivity index (χ1v) is 17.7. The first-order chi connectivity index (χ1) is 29.2. The summed E-state index contributed by atoms with van der Waals surface area (Å²) in [6.07, 6.45) is 0. The summed E-state index contributed by atoms with van der Waals surface area (Å²) in [6, 6.07) is 49.9. The van der Waals surface area contributed by atoms with Crippen molar-refractivity contribution in [3.63, 3.8) is 0 Å². The molecule has 1 unspecified atom stereocenters. The Balaban J connectivity index is 1.33. The maximum atomic E-state index is 9.89. The van der Waals surface area contributed by atoms with Gasteiger partial charge in [-0.05, 0) is 92.0 Å². The first kappa shape index (κ1) is 23.6. The fourth-order valence-electron chi connectivity index (χ4n) is 8.69. The van der Waals surface area contributed by atoms with Gasteiger partial charge in [-0.15, -0.1) is 0 Å². The minimum absolute atomic E-state index is 0.0465. The van der Waals surface area contributed by atoms with Crippen LogP contribution in [0.15, 0.2) is 204 Å². The number of furan rings is 1. The molecule has 11 rings (SSSR count). The van der Waals surface area contributed by atoms with Crippen molar-refractivity contribution in [1.82, 2.24) is 0 Å². The van der Waals surface area contributed by atoms with Crippen molar-refractivity contribution in [2.24, 2.45) is 0 Å². The summed E-state index contributed by atoms with van der Waals surface area (Å²) in [5.74, 6) is 0. The molecular weight excluding hydrogens is 643 g/mol. The van der Waals surface area contributed by atoms with E-state index in [1.54, 1.807) is 0 Å². The lowest BCUT2D eigenvalue weighted by molar-refractivity contribution is 0.667. The van der Waals surface area contributed by atoms with Crippen LogP contribution >= 0.6 is 0 Å². The second kappa shape index (κ2) is 11.6. The maximum Gasteiger partial charge on any atom is 0.135 e. The standard InChI is InChI=1S/C51H33NO/c1-2-19-36(20-3-1)52(47-28-13-18-35-16-5-7-22-39(35)47)37-31-32-45-42(33-37)40-23-8-10-25-44(40)51(45,43-26-12-17-34-15-4-6-21-38(34)43)46-27-14-30-49-50(46)41-24-9-11-29-48(41)53-49/h1-33H/i4D,6D,12D,15D,17D,21D,26D. The second-order valence-corrected chi connectivity index (χ2v) is 13.5. The van der Waals surface area contributed by atoms with E-state index in [9.17, 15) is 4.11 Å². The summed E-state index contributed by atoms with van der Waals surface area (Å²) in [5.41, 5.74) is 6.94. The lowest BCUT2D eigenvalue weighted by Gasteiger charge is -2.35. The van der Waals surface area contributed by atoms with Crippen molar-refractivity contribution >= 4 is 60.5 Å². The molecular formula is C51H33NO. The molecule has 0 radical (unpaired) electrons. The number of fused-ring (bicyclic) bond motifs is 8. The molecule has 1 atom stereocenters. The lowest BCUT2D eigenvalue weighted by Crippen LogP contribution is -2.29. The van der Waals surface area contributed by atoms with E-state index in [0.717, 1.165) is 66.4 Å². The van der Waals surface area contributed by atoms with E-state index in [4.69, 9.17) is 9.90 Å². The third-order valence-corrected chi connectivity index (χ3v) is 10.8. The number of para-hydroxylation sites is 2. The molecule has 248 valence electrons. The quantitative estimate of drug-likeness (QED) is 0.180. The summed E-state index contributed by atoms with van der Waals surface area (Å²) in [7, 11) is 0. The molecule has 1 aliphatic carbocycles. The van der Waals surface area contributed by atoms with Gasteiger partial charge in [0.05, 0.1) is 20.7 Å². The average molecular weight is 683 g/mol. The van der Waals surface area contributed by atoms with E-state index in [1.165, 1.54) is 0 Å². The van der Waals surface area contributed by atoms with Crippen LogP contribution in [0.5, 0.6) is 0 Å². The summed E-state index contributed by atoms with van der Waals surface area (Å²) in [6.45, 7) is 0. The van der Waals surface area contributed by atoms with Gasteiger partial charge in [-0.3, -0.25) is 0 Å². The minimum Gasteiger partial charge on any atom is -0.456 e. The molecule has 0 amide bonds. The lowest BCUT2D eigenvalue weighted by atomic mass is 9.65. The van der Waals surface area contributed by atoms with Crippen molar-refractivity contribution in [3.8, 4) is 11.1 Å². The SMILES string of the molecule is [2H]c1c([2H])c([2H])c2c(C3(c4cccc5oc6ccccc6c45)c4ccccc4-c4cc(N(c5ccccc5)c5cccc6ccccc56)ccc43)c([2H])c([2H])c([2H])c2c1[2H]. The molecule has 1 aliphatic rings. The van der Waals surface area contributed by atoms with Crippen LogP contribution in [0.25, 0.3) is 54.6 Å². The molecule has 0 spiro atoms. The van der Waals surface area contributed by atoms with Gasteiger partial charge in [0.2, 0.25) is 0 Å². The van der Waals surface area contributed by atoms with Gasteiger partial charge in [-0.25, -0.2) is 0 Å². The number of nitrogens with zero attached hydrogens (tertiary/aromatic N) is 1. The third kappa shape index (κ3) is 4.27. The van der Waals surface area contributed by atoms with Crippen LogP contribution in [0, 0.1) is 0 Å². The predicted octanol–water partition coefficient (Wildman–Crippen LogP) is 13.7. The van der Waals surface area contributed by atoms with Crippen molar-refractivity contribution in [2.75, 3.05) is 4.90 Å². The molecule has 9 aromatic carbocycles. The highest BCUT2D eigenvalue weighted by Crippen LogP contribution is 2.60. The molecule has 0 fully saturated rings. The smallest absolute Gasteiger partial charge is 0.135 e. The Labute approximate surface area is 317 Å². The molecule has 10 aromatic rings. The monoisotopic (exact) mass is 682 g/mol. The normalized spacial score (nSPS) is 16.7. The Morgan fingerprint density at radius 2 is 1.13 bits per heavy atom. The molecule has 53 heavy (non-hydrogen) atoms. The second-order valence-electron chi connectivity index (χ2n) is 13.5. The van der Waals surface area contributed by atoms with Crippen molar-refractivity contribution in [1.29, 1.82) is 0 Å². The van der Waals surface area contributed by atoms with Crippen LogP contribution < -0.4 is 4.90 Å². The predicted molar refractivity (Wildman–Crippen MR) is 221 cm³/mol. The molecule has 2 nitrogen and oxygen atoms in total. The third-order valence-electron chi connectivity index (χ3n) is 10.8. The van der Waals surface area contributed by atoms with Crippen molar-refractivity contribution < 1.29 is 14.0 Å². The topological polar surface area (TPSA) is 16.4 Å². The van der Waals surface area contributed by atoms with Gasteiger partial charge < -0.3 is 9.32 Å². The molecule has 0 bridgehead atoms. The summed E-state index contributed by atoms with van der Waals surface area (Å²) in [4.78, 5) is 2.24.